The van der Waals surface area contributed by atoms with Crippen molar-refractivity contribution in [3.63, 3.8) is 0 Å². The van der Waals surface area contributed by atoms with Crippen LogP contribution in [0.5, 0.6) is 0 Å². The fourth-order valence-electron chi connectivity index (χ4n) is 4.64. The zero-order valence-corrected chi connectivity index (χ0v) is 18.5. The molecule has 5 nitrogen and oxygen atoms in total. The SMILES string of the molecule is CCCc1ccc2c(c1)C1(CCN(C(=O)CC)C1)CN2C(=O)Cc1ncc(Cl)s1. The molecule has 1 aromatic heterocycles. The molecule has 4 rings (SSSR count). The van der Waals surface area contributed by atoms with Gasteiger partial charge in [-0.2, -0.15) is 0 Å². The Balaban J connectivity index is 1.66. The second-order valence-electron chi connectivity index (χ2n) is 8.02. The van der Waals surface area contributed by atoms with Gasteiger partial charge in [-0.25, -0.2) is 4.98 Å². The van der Waals surface area contributed by atoms with Crippen molar-refractivity contribution >= 4 is 40.4 Å². The largest absolute Gasteiger partial charge is 0.342 e. The Morgan fingerprint density at radius 1 is 1.24 bits per heavy atom. The van der Waals surface area contributed by atoms with Gasteiger partial charge in [-0.05, 0) is 30.0 Å². The average molecular weight is 432 g/mol. The number of fused-ring (bicyclic) bond motifs is 2. The highest BCUT2D eigenvalue weighted by Gasteiger charge is 2.49. The van der Waals surface area contributed by atoms with Crippen LogP contribution in [0.15, 0.2) is 24.4 Å². The summed E-state index contributed by atoms with van der Waals surface area (Å²) in [5, 5.41) is 0.735. The molecule has 0 bridgehead atoms. The zero-order valence-electron chi connectivity index (χ0n) is 16.9. The second kappa shape index (κ2) is 8.07. The maximum absolute atomic E-state index is 13.2. The molecular weight excluding hydrogens is 406 g/mol. The quantitative estimate of drug-likeness (QED) is 0.712. The van der Waals surface area contributed by atoms with E-state index in [1.165, 1.54) is 22.5 Å². The maximum Gasteiger partial charge on any atom is 0.233 e. The average Bonchev–Trinajstić information content (AvgIpc) is 3.40. The van der Waals surface area contributed by atoms with Gasteiger partial charge in [0.05, 0.1) is 12.6 Å². The van der Waals surface area contributed by atoms with Gasteiger partial charge >= 0.3 is 0 Å². The number of aromatic nitrogens is 1. The number of halogens is 1. The van der Waals surface area contributed by atoms with Crippen molar-refractivity contribution in [3.05, 3.63) is 44.9 Å². The fourth-order valence-corrected chi connectivity index (χ4v) is 5.58. The van der Waals surface area contributed by atoms with E-state index in [0.717, 1.165) is 36.5 Å². The molecule has 1 unspecified atom stereocenters. The van der Waals surface area contributed by atoms with Gasteiger partial charge in [0.2, 0.25) is 11.8 Å². The van der Waals surface area contributed by atoms with E-state index in [4.69, 9.17) is 11.6 Å². The number of anilines is 1. The number of carbonyl (C=O) groups excluding carboxylic acids is 2. The van der Waals surface area contributed by atoms with Crippen LogP contribution >= 0.6 is 22.9 Å². The Hall–Kier alpha value is -1.92. The molecule has 154 valence electrons. The molecule has 7 heteroatoms. The van der Waals surface area contributed by atoms with Crippen molar-refractivity contribution in [2.75, 3.05) is 24.5 Å². The van der Waals surface area contributed by atoms with Crippen molar-refractivity contribution in [2.24, 2.45) is 0 Å². The number of amides is 2. The number of likely N-dealkylation sites (tertiary alicyclic amines) is 1. The minimum absolute atomic E-state index is 0.0395. The molecule has 0 N–H and O–H groups in total. The molecule has 1 aromatic carbocycles. The third-order valence-electron chi connectivity index (χ3n) is 6.06. The van der Waals surface area contributed by atoms with Crippen LogP contribution in [0.25, 0.3) is 0 Å². The van der Waals surface area contributed by atoms with Gasteiger partial charge in [-0.1, -0.05) is 44.0 Å². The van der Waals surface area contributed by atoms with Gasteiger partial charge in [0.1, 0.15) is 9.34 Å². The van der Waals surface area contributed by atoms with Crippen LogP contribution in [0.1, 0.15) is 49.2 Å². The van der Waals surface area contributed by atoms with E-state index in [-0.39, 0.29) is 23.7 Å². The molecule has 29 heavy (non-hydrogen) atoms. The summed E-state index contributed by atoms with van der Waals surface area (Å²) in [6, 6.07) is 6.49. The molecule has 2 aliphatic rings. The van der Waals surface area contributed by atoms with Crippen molar-refractivity contribution in [1.82, 2.24) is 9.88 Å². The standard InChI is InChI=1S/C22H26ClN3O2S/c1-3-5-15-6-7-17-16(10-15)22(8-9-25(13-22)20(27)4-2)14-26(17)21(28)11-19-24-12-18(23)29-19/h6-7,10,12H,3-5,8-9,11,13-14H2,1-2H3. The van der Waals surface area contributed by atoms with E-state index in [9.17, 15) is 9.59 Å². The first-order valence-corrected chi connectivity index (χ1v) is 11.5. The van der Waals surface area contributed by atoms with Crippen molar-refractivity contribution in [1.29, 1.82) is 0 Å². The number of aryl methyl sites for hydroxylation is 1. The normalized spacial score (nSPS) is 20.5. The van der Waals surface area contributed by atoms with E-state index in [1.54, 1.807) is 6.20 Å². The summed E-state index contributed by atoms with van der Waals surface area (Å²) >= 11 is 7.33. The molecule has 0 saturated carbocycles. The maximum atomic E-state index is 13.2. The summed E-state index contributed by atoms with van der Waals surface area (Å²) in [6.07, 6.45) is 5.37. The lowest BCUT2D eigenvalue weighted by atomic mass is 9.81. The van der Waals surface area contributed by atoms with Crippen molar-refractivity contribution in [2.45, 2.75) is 51.4 Å². The molecule has 1 atom stereocenters. The molecule has 0 aliphatic carbocycles. The summed E-state index contributed by atoms with van der Waals surface area (Å²) in [5.74, 6) is 0.230. The smallest absolute Gasteiger partial charge is 0.233 e. The molecule has 2 amide bonds. The van der Waals surface area contributed by atoms with Crippen molar-refractivity contribution in [3.8, 4) is 0 Å². The van der Waals surface area contributed by atoms with Crippen LogP contribution in [0.4, 0.5) is 5.69 Å². The van der Waals surface area contributed by atoms with E-state index in [0.29, 0.717) is 23.8 Å². The number of hydrogen-bond donors (Lipinski definition) is 0. The minimum Gasteiger partial charge on any atom is -0.342 e. The van der Waals surface area contributed by atoms with Crippen LogP contribution in [-0.2, 0) is 27.8 Å². The Labute approximate surface area is 180 Å². The second-order valence-corrected chi connectivity index (χ2v) is 9.76. The highest BCUT2D eigenvalue weighted by molar-refractivity contribution is 7.15. The number of thiazole rings is 1. The summed E-state index contributed by atoms with van der Waals surface area (Å²) < 4.78 is 0.597. The minimum atomic E-state index is -0.167. The van der Waals surface area contributed by atoms with Crippen LogP contribution in [-0.4, -0.2) is 41.3 Å². The highest BCUT2D eigenvalue weighted by atomic mass is 35.5. The Kier molecular flexibility index (Phi) is 5.67. The predicted octanol–water partition coefficient (Wildman–Crippen LogP) is 4.22. The van der Waals surface area contributed by atoms with Gasteiger partial charge in [-0.15, -0.1) is 11.3 Å². The number of benzene rings is 1. The first-order valence-electron chi connectivity index (χ1n) is 10.3. The number of rotatable bonds is 5. The van der Waals surface area contributed by atoms with Gasteiger partial charge in [0, 0.05) is 37.2 Å². The lowest BCUT2D eigenvalue weighted by molar-refractivity contribution is -0.130. The summed E-state index contributed by atoms with van der Waals surface area (Å²) in [7, 11) is 0. The first-order chi connectivity index (χ1) is 14.0. The van der Waals surface area contributed by atoms with Crippen LogP contribution in [0.2, 0.25) is 4.34 Å². The third kappa shape index (κ3) is 3.80. The molecule has 1 fully saturated rings. The molecule has 1 spiro atoms. The Morgan fingerprint density at radius 3 is 2.76 bits per heavy atom. The molecule has 0 radical (unpaired) electrons. The van der Waals surface area contributed by atoms with Gasteiger partial charge in [-0.3, -0.25) is 9.59 Å². The van der Waals surface area contributed by atoms with Gasteiger partial charge in [0.15, 0.2) is 0 Å². The Bertz CT molecular complexity index is 944. The number of nitrogens with zero attached hydrogens (tertiary/aromatic N) is 3. The molecule has 2 aliphatic heterocycles. The summed E-state index contributed by atoms with van der Waals surface area (Å²) in [6.45, 7) is 6.16. The van der Waals surface area contributed by atoms with Gasteiger partial charge in [0.25, 0.3) is 0 Å². The predicted molar refractivity (Wildman–Crippen MR) is 117 cm³/mol. The number of hydrogen-bond acceptors (Lipinski definition) is 4. The third-order valence-corrected chi connectivity index (χ3v) is 7.18. The van der Waals surface area contributed by atoms with E-state index in [1.807, 2.05) is 16.7 Å². The topological polar surface area (TPSA) is 53.5 Å². The molecule has 1 saturated heterocycles. The summed E-state index contributed by atoms with van der Waals surface area (Å²) in [5.41, 5.74) is 3.34. The van der Waals surface area contributed by atoms with Crippen LogP contribution in [0.3, 0.4) is 0 Å². The monoisotopic (exact) mass is 431 g/mol. The fraction of sp³-hybridized carbons (Fsp3) is 0.500. The Morgan fingerprint density at radius 2 is 2.07 bits per heavy atom. The lowest BCUT2D eigenvalue weighted by Crippen LogP contribution is -2.40. The van der Waals surface area contributed by atoms with Crippen LogP contribution in [0, 0.1) is 0 Å². The lowest BCUT2D eigenvalue weighted by Gasteiger charge is -2.26. The van der Waals surface area contributed by atoms with E-state index >= 15 is 0 Å². The molecule has 3 heterocycles. The van der Waals surface area contributed by atoms with Crippen molar-refractivity contribution < 1.29 is 9.59 Å². The molecular formula is C22H26ClN3O2S. The summed E-state index contributed by atoms with van der Waals surface area (Å²) in [4.78, 5) is 33.6. The van der Waals surface area contributed by atoms with E-state index < -0.39 is 0 Å². The molecule has 2 aromatic rings. The van der Waals surface area contributed by atoms with E-state index in [2.05, 4.69) is 30.1 Å². The first kappa shape index (κ1) is 20.4. The zero-order chi connectivity index (χ0) is 20.6. The number of carbonyl (C=O) groups is 2. The highest BCUT2D eigenvalue weighted by Crippen LogP contribution is 2.47. The van der Waals surface area contributed by atoms with Crippen LogP contribution < -0.4 is 4.90 Å². The van der Waals surface area contributed by atoms with Gasteiger partial charge < -0.3 is 9.80 Å².